The number of carbonyl (C=O) groups is 3. The highest BCUT2D eigenvalue weighted by Gasteiger charge is 2.22. The molecule has 4 aromatic carbocycles. The third-order valence-electron chi connectivity index (χ3n) is 6.45. The van der Waals surface area contributed by atoms with Crippen LogP contribution in [-0.2, 0) is 16.0 Å². The largest absolute Gasteiger partial charge is 0.492 e. The fraction of sp³-hybridized carbons (Fsp3) is 0.147. The van der Waals surface area contributed by atoms with Gasteiger partial charge in [0, 0.05) is 41.0 Å². The molecule has 0 aromatic heterocycles. The first-order valence-corrected chi connectivity index (χ1v) is 13.2. The molecule has 0 saturated heterocycles. The third-order valence-corrected chi connectivity index (χ3v) is 6.45. The first-order chi connectivity index (χ1) is 20.0. The Balaban J connectivity index is 1.37. The Hall–Kier alpha value is -5.17. The minimum atomic E-state index is -0.709. The van der Waals surface area contributed by atoms with Crippen LogP contribution in [-0.4, -0.2) is 43.8 Å². The van der Waals surface area contributed by atoms with Crippen molar-refractivity contribution in [2.24, 2.45) is 0 Å². The molecule has 0 amide bonds. The van der Waals surface area contributed by atoms with Crippen molar-refractivity contribution in [1.82, 2.24) is 0 Å². The van der Waals surface area contributed by atoms with E-state index in [2.05, 4.69) is 17.2 Å². The van der Waals surface area contributed by atoms with Gasteiger partial charge in [-0.15, -0.1) is 0 Å². The lowest BCUT2D eigenvalue weighted by Gasteiger charge is -2.20. The SMILES string of the molecule is C=CC(=O)c1ccccc1NCCOc1ccc(CC(Nc2ccccc2C(=O)c2ccccc2)C(=O)OC)cc1. The van der Waals surface area contributed by atoms with Crippen molar-refractivity contribution in [3.8, 4) is 5.75 Å². The molecule has 41 heavy (non-hydrogen) atoms. The van der Waals surface area contributed by atoms with Crippen molar-refractivity contribution < 1.29 is 23.9 Å². The van der Waals surface area contributed by atoms with E-state index in [4.69, 9.17) is 9.47 Å². The highest BCUT2D eigenvalue weighted by molar-refractivity contribution is 6.12. The van der Waals surface area contributed by atoms with E-state index >= 15 is 0 Å². The van der Waals surface area contributed by atoms with Gasteiger partial charge < -0.3 is 20.1 Å². The maximum Gasteiger partial charge on any atom is 0.328 e. The number of carbonyl (C=O) groups excluding carboxylic acids is 3. The highest BCUT2D eigenvalue weighted by Crippen LogP contribution is 2.22. The van der Waals surface area contributed by atoms with E-state index < -0.39 is 12.0 Å². The van der Waals surface area contributed by atoms with Gasteiger partial charge >= 0.3 is 5.97 Å². The highest BCUT2D eigenvalue weighted by atomic mass is 16.5. The molecule has 0 radical (unpaired) electrons. The monoisotopic (exact) mass is 548 g/mol. The first-order valence-electron chi connectivity index (χ1n) is 13.2. The van der Waals surface area contributed by atoms with E-state index in [0.717, 1.165) is 11.3 Å². The van der Waals surface area contributed by atoms with Gasteiger partial charge in [-0.3, -0.25) is 9.59 Å². The van der Waals surface area contributed by atoms with E-state index in [1.165, 1.54) is 13.2 Å². The number of nitrogens with one attached hydrogen (secondary N) is 2. The quantitative estimate of drug-likeness (QED) is 0.0867. The van der Waals surface area contributed by atoms with Crippen molar-refractivity contribution in [3.05, 3.63) is 138 Å². The second-order valence-electron chi connectivity index (χ2n) is 9.20. The molecule has 0 aliphatic carbocycles. The lowest BCUT2D eigenvalue weighted by Crippen LogP contribution is -2.33. The number of benzene rings is 4. The molecule has 0 fully saturated rings. The van der Waals surface area contributed by atoms with Crippen LogP contribution < -0.4 is 15.4 Å². The van der Waals surface area contributed by atoms with Crippen molar-refractivity contribution >= 4 is 28.9 Å². The molecule has 4 aromatic rings. The molecule has 0 spiro atoms. The van der Waals surface area contributed by atoms with Gasteiger partial charge in [0.25, 0.3) is 0 Å². The predicted molar refractivity (Wildman–Crippen MR) is 161 cm³/mol. The fourth-order valence-electron chi connectivity index (χ4n) is 4.35. The minimum absolute atomic E-state index is 0.135. The van der Waals surface area contributed by atoms with Crippen LogP contribution in [0.2, 0.25) is 0 Å². The van der Waals surface area contributed by atoms with Crippen LogP contribution >= 0.6 is 0 Å². The first kappa shape index (κ1) is 28.8. The zero-order valence-corrected chi connectivity index (χ0v) is 22.8. The van der Waals surface area contributed by atoms with Gasteiger partial charge in [0.05, 0.1) is 7.11 Å². The molecule has 0 heterocycles. The molecular weight excluding hydrogens is 516 g/mol. The van der Waals surface area contributed by atoms with Gasteiger partial charge in [0.15, 0.2) is 11.6 Å². The van der Waals surface area contributed by atoms with Crippen molar-refractivity contribution in [2.75, 3.05) is 30.9 Å². The van der Waals surface area contributed by atoms with Crippen molar-refractivity contribution in [2.45, 2.75) is 12.5 Å². The average molecular weight is 549 g/mol. The number of anilines is 2. The molecule has 1 atom stereocenters. The molecule has 0 aliphatic rings. The topological polar surface area (TPSA) is 93.7 Å². The van der Waals surface area contributed by atoms with Crippen molar-refractivity contribution in [3.63, 3.8) is 0 Å². The number of methoxy groups -OCH3 is 1. The summed E-state index contributed by atoms with van der Waals surface area (Å²) in [7, 11) is 1.34. The molecule has 4 rings (SSSR count). The number of para-hydroxylation sites is 2. The molecule has 7 nitrogen and oxygen atoms in total. The van der Waals surface area contributed by atoms with Crippen LogP contribution in [0.3, 0.4) is 0 Å². The summed E-state index contributed by atoms with van der Waals surface area (Å²) >= 11 is 0. The van der Waals surface area contributed by atoms with Crippen LogP contribution in [0.1, 0.15) is 31.8 Å². The fourth-order valence-corrected chi connectivity index (χ4v) is 4.35. The normalized spacial score (nSPS) is 11.1. The Morgan fingerprint density at radius 3 is 2.12 bits per heavy atom. The second kappa shape index (κ2) is 14.3. The number of rotatable bonds is 14. The van der Waals surface area contributed by atoms with Crippen molar-refractivity contribution in [1.29, 1.82) is 0 Å². The zero-order chi connectivity index (χ0) is 29.0. The van der Waals surface area contributed by atoms with E-state index in [9.17, 15) is 14.4 Å². The van der Waals surface area contributed by atoms with E-state index in [1.54, 1.807) is 36.4 Å². The van der Waals surface area contributed by atoms with Gasteiger partial charge in [-0.1, -0.05) is 73.3 Å². The van der Waals surface area contributed by atoms with Crippen LogP contribution in [0.5, 0.6) is 5.75 Å². The molecule has 7 heteroatoms. The number of hydrogen-bond donors (Lipinski definition) is 2. The number of ether oxygens (including phenoxy) is 2. The molecule has 0 aliphatic heterocycles. The Kier molecular flexibility index (Phi) is 10.0. The minimum Gasteiger partial charge on any atom is -0.492 e. The number of allylic oxidation sites excluding steroid dienone is 1. The zero-order valence-electron chi connectivity index (χ0n) is 22.8. The van der Waals surface area contributed by atoms with E-state index in [-0.39, 0.29) is 11.6 Å². The van der Waals surface area contributed by atoms with Gasteiger partial charge in [-0.25, -0.2) is 4.79 Å². The molecule has 0 bridgehead atoms. The van der Waals surface area contributed by atoms with E-state index in [1.807, 2.05) is 66.7 Å². The Labute approximate surface area is 239 Å². The van der Waals surface area contributed by atoms with E-state index in [0.29, 0.717) is 47.7 Å². The van der Waals surface area contributed by atoms with Gasteiger partial charge in [-0.05, 0) is 48.0 Å². The van der Waals surface area contributed by atoms with Crippen LogP contribution in [0, 0.1) is 0 Å². The summed E-state index contributed by atoms with van der Waals surface area (Å²) in [5, 5.41) is 6.44. The lowest BCUT2D eigenvalue weighted by molar-refractivity contribution is -0.141. The standard InChI is InChI=1S/C34H32N2O5/c1-3-32(37)27-13-7-9-15-29(27)35-21-22-41-26-19-17-24(18-20-26)23-31(34(39)40-2)36-30-16-10-8-14-28(30)33(38)25-11-5-4-6-12-25/h3-20,31,35-36H,1,21-23H2,2H3. The third kappa shape index (κ3) is 7.70. The number of ketones is 2. The number of hydrogen-bond acceptors (Lipinski definition) is 7. The summed E-state index contributed by atoms with van der Waals surface area (Å²) in [6, 6.07) is 30.1. The summed E-state index contributed by atoms with van der Waals surface area (Å²) in [5.74, 6) is -0.0410. The summed E-state index contributed by atoms with van der Waals surface area (Å²) in [6.07, 6.45) is 1.64. The molecular formula is C34H32N2O5. The average Bonchev–Trinajstić information content (AvgIpc) is 3.03. The lowest BCUT2D eigenvalue weighted by atomic mass is 10.00. The second-order valence-corrected chi connectivity index (χ2v) is 9.20. The number of esters is 1. The van der Waals surface area contributed by atoms with Crippen LogP contribution in [0.4, 0.5) is 11.4 Å². The molecule has 0 saturated carbocycles. The molecule has 1 unspecified atom stereocenters. The predicted octanol–water partition coefficient (Wildman–Crippen LogP) is 5.97. The van der Waals surface area contributed by atoms with Gasteiger partial charge in [-0.2, -0.15) is 0 Å². The maximum absolute atomic E-state index is 13.1. The Bertz CT molecular complexity index is 1500. The maximum atomic E-state index is 13.1. The summed E-state index contributed by atoms with van der Waals surface area (Å²) in [5.41, 5.74) is 3.78. The van der Waals surface area contributed by atoms with Crippen LogP contribution in [0.25, 0.3) is 0 Å². The Morgan fingerprint density at radius 2 is 1.44 bits per heavy atom. The Morgan fingerprint density at radius 1 is 0.805 bits per heavy atom. The molecule has 208 valence electrons. The summed E-state index contributed by atoms with van der Waals surface area (Å²) in [4.78, 5) is 37.9. The van der Waals surface area contributed by atoms with Crippen LogP contribution in [0.15, 0.2) is 116 Å². The smallest absolute Gasteiger partial charge is 0.328 e. The van der Waals surface area contributed by atoms with Gasteiger partial charge in [0.1, 0.15) is 18.4 Å². The van der Waals surface area contributed by atoms with Gasteiger partial charge in [0.2, 0.25) is 0 Å². The molecule has 2 N–H and O–H groups in total. The summed E-state index contributed by atoms with van der Waals surface area (Å²) in [6.45, 7) is 4.43. The summed E-state index contributed by atoms with van der Waals surface area (Å²) < 4.78 is 10.9.